The maximum absolute atomic E-state index is 13.2. The molecule has 0 spiro atoms. The van der Waals surface area contributed by atoms with Crippen LogP contribution in [-0.4, -0.2) is 11.6 Å². The number of hydrogen-bond acceptors (Lipinski definition) is 2. The number of amides is 1. The number of carbonyl (C=O) groups excluding carboxylic acids is 1. The van der Waals surface area contributed by atoms with Gasteiger partial charge in [-0.05, 0) is 43.4 Å². The lowest BCUT2D eigenvalue weighted by molar-refractivity contribution is -0.122. The van der Waals surface area contributed by atoms with E-state index in [0.717, 1.165) is 24.1 Å². The zero-order valence-corrected chi connectivity index (χ0v) is 17.9. The van der Waals surface area contributed by atoms with E-state index in [2.05, 4.69) is 79.8 Å². The minimum absolute atomic E-state index is 0.0140. The second-order valence-electron chi connectivity index (χ2n) is 8.22. The first-order valence-corrected chi connectivity index (χ1v) is 10.6. The summed E-state index contributed by atoms with van der Waals surface area (Å²) in [4.78, 5) is 13.2. The first kappa shape index (κ1) is 20.1. The van der Waals surface area contributed by atoms with Gasteiger partial charge in [-0.3, -0.25) is 4.79 Å². The Bertz CT molecular complexity index is 1040. The smallest absolute Gasteiger partial charge is 0.244 e. The van der Waals surface area contributed by atoms with E-state index in [1.54, 1.807) is 0 Å². The van der Waals surface area contributed by atoms with Crippen LogP contribution in [0, 0.1) is 19.8 Å². The van der Waals surface area contributed by atoms with Crippen molar-refractivity contribution in [2.45, 2.75) is 39.0 Å². The van der Waals surface area contributed by atoms with Gasteiger partial charge < -0.3 is 0 Å². The summed E-state index contributed by atoms with van der Waals surface area (Å²) in [5, 5.41) is 4.48. The Labute approximate surface area is 178 Å². The molecule has 3 nitrogen and oxygen atoms in total. The predicted octanol–water partition coefficient (Wildman–Crippen LogP) is 5.54. The molecule has 4 rings (SSSR count). The lowest BCUT2D eigenvalue weighted by Crippen LogP contribution is -2.26. The lowest BCUT2D eigenvalue weighted by atomic mass is 9.84. The molecule has 1 aliphatic carbocycles. The van der Waals surface area contributed by atoms with Gasteiger partial charge in [-0.1, -0.05) is 96.9 Å². The molecule has 1 N–H and O–H groups in total. The van der Waals surface area contributed by atoms with Crippen molar-refractivity contribution in [3.8, 4) is 0 Å². The Balaban J connectivity index is 1.63. The van der Waals surface area contributed by atoms with Crippen molar-refractivity contribution in [2.75, 3.05) is 0 Å². The number of benzene rings is 3. The quantitative estimate of drug-likeness (QED) is 0.431. The molecular weight excluding hydrogens is 368 g/mol. The minimum atomic E-state index is -0.281. The van der Waals surface area contributed by atoms with Crippen LogP contribution in [0.3, 0.4) is 0 Å². The Morgan fingerprint density at radius 1 is 0.933 bits per heavy atom. The first-order valence-electron chi connectivity index (χ1n) is 10.6. The molecule has 0 saturated heterocycles. The van der Waals surface area contributed by atoms with E-state index < -0.39 is 0 Å². The van der Waals surface area contributed by atoms with E-state index in [1.165, 1.54) is 22.3 Å². The normalized spacial score (nSPS) is 17.4. The van der Waals surface area contributed by atoms with Crippen LogP contribution in [-0.2, 0) is 10.2 Å². The molecule has 1 atom stereocenters. The molecule has 0 aromatic heterocycles. The van der Waals surface area contributed by atoms with E-state index in [1.807, 2.05) is 30.3 Å². The highest BCUT2D eigenvalue weighted by molar-refractivity contribution is 6.01. The van der Waals surface area contributed by atoms with Gasteiger partial charge in [-0.15, -0.1) is 0 Å². The Morgan fingerprint density at radius 2 is 1.53 bits per heavy atom. The summed E-state index contributed by atoms with van der Waals surface area (Å²) < 4.78 is 0. The summed E-state index contributed by atoms with van der Waals surface area (Å²) in [6, 6.07) is 27.1. The minimum Gasteiger partial charge on any atom is -0.273 e. The Hall–Kier alpha value is -3.20. The average molecular weight is 397 g/mol. The molecule has 1 aliphatic rings. The second kappa shape index (κ2) is 8.27. The molecule has 0 bridgehead atoms. The predicted molar refractivity (Wildman–Crippen MR) is 123 cm³/mol. The van der Waals surface area contributed by atoms with Gasteiger partial charge in [-0.2, -0.15) is 5.10 Å². The molecule has 152 valence electrons. The van der Waals surface area contributed by atoms with Crippen LogP contribution < -0.4 is 5.43 Å². The largest absolute Gasteiger partial charge is 0.273 e. The van der Waals surface area contributed by atoms with Gasteiger partial charge in [0.1, 0.15) is 0 Å². The van der Waals surface area contributed by atoms with Gasteiger partial charge in [0.25, 0.3) is 0 Å². The number of nitrogens with zero attached hydrogens (tertiary/aromatic N) is 1. The summed E-state index contributed by atoms with van der Waals surface area (Å²) in [5.41, 5.74) is 9.34. The summed E-state index contributed by atoms with van der Waals surface area (Å²) in [6.07, 6.45) is 1.56. The fourth-order valence-electron chi connectivity index (χ4n) is 4.41. The lowest BCUT2D eigenvalue weighted by Gasteiger charge is -2.20. The first-order chi connectivity index (χ1) is 14.5. The summed E-state index contributed by atoms with van der Waals surface area (Å²) in [5.74, 6) is -0.140. The SMILES string of the molecule is CCC(=NNC(=O)[C@@H]1CC1(c1cccc(C)c1)c1cccc(C)c1)c1ccccc1. The topological polar surface area (TPSA) is 41.5 Å². The van der Waals surface area contributed by atoms with Crippen LogP contribution in [0.5, 0.6) is 0 Å². The monoisotopic (exact) mass is 396 g/mol. The molecule has 3 aromatic carbocycles. The molecule has 30 heavy (non-hydrogen) atoms. The molecule has 0 heterocycles. The summed E-state index contributed by atoms with van der Waals surface area (Å²) in [7, 11) is 0. The number of aryl methyl sites for hydroxylation is 2. The van der Waals surface area contributed by atoms with E-state index in [0.29, 0.717) is 0 Å². The molecule has 0 radical (unpaired) electrons. The van der Waals surface area contributed by atoms with Gasteiger partial charge in [-0.25, -0.2) is 5.43 Å². The standard InChI is InChI=1S/C27H28N2O/c1-4-25(21-12-6-5-7-13-21)28-29-26(30)24-18-27(24,22-14-8-10-19(2)16-22)23-15-9-11-20(3)17-23/h5-17,24H,4,18H2,1-3H3,(H,29,30)/t24-/m0/s1. The Kier molecular flexibility index (Phi) is 5.54. The fourth-order valence-corrected chi connectivity index (χ4v) is 4.41. The molecule has 1 saturated carbocycles. The summed E-state index contributed by atoms with van der Waals surface area (Å²) in [6.45, 7) is 6.25. The molecule has 0 unspecified atom stereocenters. The van der Waals surface area contributed by atoms with Crippen LogP contribution >= 0.6 is 0 Å². The van der Waals surface area contributed by atoms with E-state index in [-0.39, 0.29) is 17.2 Å². The van der Waals surface area contributed by atoms with Crippen molar-refractivity contribution in [1.29, 1.82) is 0 Å². The number of rotatable bonds is 6. The highest BCUT2D eigenvalue weighted by Crippen LogP contribution is 2.59. The molecule has 1 fully saturated rings. The number of hydrogen-bond donors (Lipinski definition) is 1. The van der Waals surface area contributed by atoms with Crippen molar-refractivity contribution < 1.29 is 4.79 Å². The van der Waals surface area contributed by atoms with Gasteiger partial charge in [0, 0.05) is 5.41 Å². The van der Waals surface area contributed by atoms with Crippen molar-refractivity contribution in [3.63, 3.8) is 0 Å². The Morgan fingerprint density at radius 3 is 2.07 bits per heavy atom. The van der Waals surface area contributed by atoms with Gasteiger partial charge >= 0.3 is 0 Å². The van der Waals surface area contributed by atoms with Gasteiger partial charge in [0.15, 0.2) is 0 Å². The van der Waals surface area contributed by atoms with E-state index in [4.69, 9.17) is 0 Å². The third kappa shape index (κ3) is 3.80. The third-order valence-electron chi connectivity index (χ3n) is 6.09. The fraction of sp³-hybridized carbons (Fsp3) is 0.259. The second-order valence-corrected chi connectivity index (χ2v) is 8.22. The zero-order valence-electron chi connectivity index (χ0n) is 17.9. The molecule has 0 aliphatic heterocycles. The number of hydrazone groups is 1. The van der Waals surface area contributed by atoms with Crippen molar-refractivity contribution >= 4 is 11.6 Å². The molecular formula is C27H28N2O. The molecule has 1 amide bonds. The van der Waals surface area contributed by atoms with E-state index in [9.17, 15) is 4.79 Å². The third-order valence-corrected chi connectivity index (χ3v) is 6.09. The van der Waals surface area contributed by atoms with Crippen LogP contribution in [0.25, 0.3) is 0 Å². The highest BCUT2D eigenvalue weighted by atomic mass is 16.2. The van der Waals surface area contributed by atoms with E-state index >= 15 is 0 Å². The van der Waals surface area contributed by atoms with Crippen LogP contribution in [0.15, 0.2) is 84.0 Å². The molecule has 3 aromatic rings. The average Bonchev–Trinajstić information content (AvgIpc) is 3.52. The molecule has 3 heteroatoms. The zero-order chi connectivity index (χ0) is 21.1. The maximum Gasteiger partial charge on any atom is 0.244 e. The summed E-state index contributed by atoms with van der Waals surface area (Å²) >= 11 is 0. The maximum atomic E-state index is 13.2. The van der Waals surface area contributed by atoms with Crippen LogP contribution in [0.2, 0.25) is 0 Å². The number of nitrogens with one attached hydrogen (secondary N) is 1. The van der Waals surface area contributed by atoms with Gasteiger partial charge in [0.2, 0.25) is 5.91 Å². The van der Waals surface area contributed by atoms with Crippen molar-refractivity contribution in [3.05, 3.63) is 107 Å². The van der Waals surface area contributed by atoms with Gasteiger partial charge in [0.05, 0.1) is 11.6 Å². The van der Waals surface area contributed by atoms with Crippen LogP contribution in [0.4, 0.5) is 0 Å². The van der Waals surface area contributed by atoms with Crippen LogP contribution in [0.1, 0.15) is 47.6 Å². The number of carbonyl (C=O) groups is 1. The highest BCUT2D eigenvalue weighted by Gasteiger charge is 2.60. The van der Waals surface area contributed by atoms with Crippen molar-refractivity contribution in [1.82, 2.24) is 5.43 Å². The van der Waals surface area contributed by atoms with Crippen molar-refractivity contribution in [2.24, 2.45) is 11.0 Å².